The van der Waals surface area contributed by atoms with Crippen LogP contribution in [0.25, 0.3) is 11.3 Å². The van der Waals surface area contributed by atoms with Gasteiger partial charge in [-0.05, 0) is 24.3 Å². The Morgan fingerprint density at radius 3 is 2.85 bits per heavy atom. The Balaban J connectivity index is 2.57. The van der Waals surface area contributed by atoms with Gasteiger partial charge < -0.3 is 5.73 Å². The molecule has 13 heavy (non-hydrogen) atoms. The van der Waals surface area contributed by atoms with Crippen molar-refractivity contribution in [3.8, 4) is 11.3 Å². The Kier molecular flexibility index (Phi) is 1.94. The van der Waals surface area contributed by atoms with E-state index < -0.39 is 0 Å². The molecule has 3 N–H and O–H groups in total. The predicted octanol–water partition coefficient (Wildman–Crippen LogP) is 2.31. The van der Waals surface area contributed by atoms with Crippen molar-refractivity contribution in [2.75, 3.05) is 5.73 Å². The van der Waals surface area contributed by atoms with Crippen molar-refractivity contribution >= 4 is 17.3 Å². The molecule has 0 aliphatic carbocycles. The van der Waals surface area contributed by atoms with Crippen molar-refractivity contribution in [3.05, 3.63) is 35.5 Å². The van der Waals surface area contributed by atoms with Crippen molar-refractivity contribution in [2.45, 2.75) is 0 Å². The fraction of sp³-hybridized carbons (Fsp3) is 0. The third-order valence-electron chi connectivity index (χ3n) is 1.78. The van der Waals surface area contributed by atoms with E-state index in [1.807, 2.05) is 12.1 Å². The molecule has 0 radical (unpaired) electrons. The van der Waals surface area contributed by atoms with Gasteiger partial charge in [-0.15, -0.1) is 0 Å². The van der Waals surface area contributed by atoms with Crippen LogP contribution in [0.4, 0.5) is 5.69 Å². The van der Waals surface area contributed by atoms with Gasteiger partial charge in [0.2, 0.25) is 0 Å². The molecule has 66 valence electrons. The first-order chi connectivity index (χ1) is 6.27. The summed E-state index contributed by atoms with van der Waals surface area (Å²) in [5.74, 6) is 0. The Bertz CT molecular complexity index is 409. The first kappa shape index (κ1) is 8.13. The van der Waals surface area contributed by atoms with Crippen LogP contribution in [0, 0.1) is 0 Å². The second-order valence-electron chi connectivity index (χ2n) is 2.71. The van der Waals surface area contributed by atoms with E-state index in [0.29, 0.717) is 10.7 Å². The van der Waals surface area contributed by atoms with Crippen LogP contribution in [0.3, 0.4) is 0 Å². The van der Waals surface area contributed by atoms with Gasteiger partial charge in [0.15, 0.2) is 0 Å². The highest BCUT2D eigenvalue weighted by molar-refractivity contribution is 6.33. The van der Waals surface area contributed by atoms with E-state index in [0.717, 1.165) is 11.3 Å². The molecule has 0 spiro atoms. The second kappa shape index (κ2) is 3.11. The van der Waals surface area contributed by atoms with Crippen LogP contribution in [-0.2, 0) is 0 Å². The summed E-state index contributed by atoms with van der Waals surface area (Å²) in [4.78, 5) is 0. The normalized spacial score (nSPS) is 10.2. The number of benzene rings is 1. The summed E-state index contributed by atoms with van der Waals surface area (Å²) in [5, 5.41) is 7.34. The van der Waals surface area contributed by atoms with Gasteiger partial charge in [0.25, 0.3) is 0 Å². The SMILES string of the molecule is Nc1ccc(Cl)c(-c2ccn[nH]2)c1. The Labute approximate surface area is 80.5 Å². The highest BCUT2D eigenvalue weighted by Gasteiger charge is 2.04. The topological polar surface area (TPSA) is 54.7 Å². The molecule has 0 amide bonds. The first-order valence-electron chi connectivity index (χ1n) is 3.82. The van der Waals surface area contributed by atoms with Crippen molar-refractivity contribution in [2.24, 2.45) is 0 Å². The summed E-state index contributed by atoms with van der Waals surface area (Å²) in [6, 6.07) is 7.20. The van der Waals surface area contributed by atoms with Crippen LogP contribution in [-0.4, -0.2) is 10.2 Å². The summed E-state index contributed by atoms with van der Waals surface area (Å²) in [5.41, 5.74) is 8.08. The van der Waals surface area contributed by atoms with Crippen LogP contribution in [0.1, 0.15) is 0 Å². The number of hydrogen-bond donors (Lipinski definition) is 2. The molecule has 2 aromatic rings. The van der Waals surface area contributed by atoms with E-state index in [-0.39, 0.29) is 0 Å². The molecule has 1 heterocycles. The van der Waals surface area contributed by atoms with Crippen molar-refractivity contribution in [1.29, 1.82) is 0 Å². The molecule has 4 heteroatoms. The molecular formula is C9H8ClN3. The molecule has 0 saturated carbocycles. The Hall–Kier alpha value is -1.48. The minimum atomic E-state index is 0.665. The van der Waals surface area contributed by atoms with Crippen molar-refractivity contribution < 1.29 is 0 Å². The number of aromatic nitrogens is 2. The number of anilines is 1. The van der Waals surface area contributed by atoms with Crippen LogP contribution in [0.5, 0.6) is 0 Å². The number of nitrogens with zero attached hydrogens (tertiary/aromatic N) is 1. The molecule has 1 aromatic carbocycles. The standard InChI is InChI=1S/C9H8ClN3/c10-8-2-1-6(11)5-7(8)9-3-4-12-13-9/h1-5H,11H2,(H,12,13). The smallest absolute Gasteiger partial charge is 0.0665 e. The predicted molar refractivity (Wildman–Crippen MR) is 53.4 cm³/mol. The highest BCUT2D eigenvalue weighted by atomic mass is 35.5. The van der Waals surface area contributed by atoms with Crippen LogP contribution >= 0.6 is 11.6 Å². The van der Waals surface area contributed by atoms with E-state index in [1.165, 1.54) is 0 Å². The zero-order chi connectivity index (χ0) is 9.26. The number of rotatable bonds is 1. The van der Waals surface area contributed by atoms with Gasteiger partial charge in [-0.2, -0.15) is 5.10 Å². The maximum atomic E-state index is 5.98. The van der Waals surface area contributed by atoms with Gasteiger partial charge >= 0.3 is 0 Å². The summed E-state index contributed by atoms with van der Waals surface area (Å²) in [6.07, 6.45) is 1.68. The Morgan fingerprint density at radius 2 is 2.15 bits per heavy atom. The lowest BCUT2D eigenvalue weighted by molar-refractivity contribution is 1.10. The summed E-state index contributed by atoms with van der Waals surface area (Å²) < 4.78 is 0. The Morgan fingerprint density at radius 1 is 1.31 bits per heavy atom. The van der Waals surface area contributed by atoms with Crippen molar-refractivity contribution in [3.63, 3.8) is 0 Å². The summed E-state index contributed by atoms with van der Waals surface area (Å²) >= 11 is 5.98. The number of hydrogen-bond acceptors (Lipinski definition) is 2. The van der Waals surface area contributed by atoms with Gasteiger partial charge in [0, 0.05) is 17.4 Å². The number of H-pyrrole nitrogens is 1. The molecule has 2 rings (SSSR count). The maximum Gasteiger partial charge on any atom is 0.0665 e. The average Bonchev–Trinajstić information content (AvgIpc) is 2.61. The molecule has 0 bridgehead atoms. The lowest BCUT2D eigenvalue weighted by Gasteiger charge is -2.01. The molecule has 0 aliphatic heterocycles. The molecule has 0 aliphatic rings. The van der Waals surface area contributed by atoms with Gasteiger partial charge in [0.1, 0.15) is 0 Å². The second-order valence-corrected chi connectivity index (χ2v) is 3.12. The van der Waals surface area contributed by atoms with Gasteiger partial charge in [0.05, 0.1) is 10.7 Å². The van der Waals surface area contributed by atoms with Crippen LogP contribution < -0.4 is 5.73 Å². The molecule has 0 unspecified atom stereocenters. The number of aromatic amines is 1. The summed E-state index contributed by atoms with van der Waals surface area (Å²) in [7, 11) is 0. The lowest BCUT2D eigenvalue weighted by atomic mass is 10.1. The summed E-state index contributed by atoms with van der Waals surface area (Å²) in [6.45, 7) is 0. The molecule has 3 nitrogen and oxygen atoms in total. The number of nitrogen functional groups attached to an aromatic ring is 1. The number of nitrogens with one attached hydrogen (secondary N) is 1. The van der Waals surface area contributed by atoms with E-state index in [9.17, 15) is 0 Å². The minimum Gasteiger partial charge on any atom is -0.399 e. The number of halogens is 1. The first-order valence-corrected chi connectivity index (χ1v) is 4.20. The average molecular weight is 194 g/mol. The van der Waals surface area contributed by atoms with E-state index in [2.05, 4.69) is 10.2 Å². The van der Waals surface area contributed by atoms with Gasteiger partial charge in [-0.3, -0.25) is 5.10 Å². The van der Waals surface area contributed by atoms with Crippen LogP contribution in [0.15, 0.2) is 30.5 Å². The zero-order valence-electron chi connectivity index (χ0n) is 6.79. The molecule has 1 aromatic heterocycles. The third kappa shape index (κ3) is 1.51. The minimum absolute atomic E-state index is 0.665. The highest BCUT2D eigenvalue weighted by Crippen LogP contribution is 2.27. The molecule has 0 fully saturated rings. The third-order valence-corrected chi connectivity index (χ3v) is 2.11. The van der Waals surface area contributed by atoms with E-state index >= 15 is 0 Å². The van der Waals surface area contributed by atoms with Crippen LogP contribution in [0.2, 0.25) is 5.02 Å². The largest absolute Gasteiger partial charge is 0.399 e. The van der Waals surface area contributed by atoms with E-state index in [4.69, 9.17) is 17.3 Å². The number of nitrogens with two attached hydrogens (primary N) is 1. The lowest BCUT2D eigenvalue weighted by Crippen LogP contribution is -1.86. The molecule has 0 atom stereocenters. The zero-order valence-corrected chi connectivity index (χ0v) is 7.55. The molecule has 0 saturated heterocycles. The molecular weight excluding hydrogens is 186 g/mol. The van der Waals surface area contributed by atoms with E-state index in [1.54, 1.807) is 18.3 Å². The van der Waals surface area contributed by atoms with Crippen molar-refractivity contribution in [1.82, 2.24) is 10.2 Å². The van der Waals surface area contributed by atoms with Gasteiger partial charge in [-0.25, -0.2) is 0 Å². The quantitative estimate of drug-likeness (QED) is 0.683. The monoisotopic (exact) mass is 193 g/mol. The van der Waals surface area contributed by atoms with Gasteiger partial charge in [-0.1, -0.05) is 11.6 Å². The fourth-order valence-electron chi connectivity index (χ4n) is 1.16. The fourth-order valence-corrected chi connectivity index (χ4v) is 1.37. The maximum absolute atomic E-state index is 5.98.